The van der Waals surface area contributed by atoms with Crippen LogP contribution >= 0.6 is 11.6 Å². The van der Waals surface area contributed by atoms with E-state index in [1.807, 2.05) is 0 Å². The van der Waals surface area contributed by atoms with Crippen LogP contribution in [-0.4, -0.2) is 30.6 Å². The molecule has 0 fully saturated rings. The topological polar surface area (TPSA) is 58.6 Å². The molecule has 0 spiro atoms. The number of anilines is 2. The average molecular weight is 413 g/mol. The number of nitrogens with one attached hydrogen (secondary N) is 1. The van der Waals surface area contributed by atoms with Crippen molar-refractivity contribution in [2.24, 2.45) is 0 Å². The smallest absolute Gasteiger partial charge is 0.409 e. The monoisotopic (exact) mass is 412 g/mol. The number of carbonyl (C=O) groups is 2. The van der Waals surface area contributed by atoms with Gasteiger partial charge in [0.1, 0.15) is 11.8 Å². The first-order chi connectivity index (χ1) is 13.2. The number of rotatable bonds is 3. The van der Waals surface area contributed by atoms with Crippen LogP contribution in [-0.2, 0) is 9.59 Å². The van der Waals surface area contributed by atoms with Crippen LogP contribution in [0.2, 0.25) is 5.02 Å². The molecule has 0 saturated heterocycles. The lowest BCUT2D eigenvalue weighted by Crippen LogP contribution is -2.51. The molecule has 2 aromatic rings. The molecule has 28 heavy (non-hydrogen) atoms. The summed E-state index contributed by atoms with van der Waals surface area (Å²) in [6, 6.07) is 8.40. The second kappa shape index (κ2) is 7.71. The van der Waals surface area contributed by atoms with Crippen LogP contribution in [0.1, 0.15) is 12.0 Å². The van der Waals surface area contributed by atoms with Crippen molar-refractivity contribution in [1.82, 2.24) is 0 Å². The zero-order valence-corrected chi connectivity index (χ0v) is 15.5. The molecule has 0 aromatic heterocycles. The van der Waals surface area contributed by atoms with Gasteiger partial charge in [-0.3, -0.25) is 14.5 Å². The lowest BCUT2D eigenvalue weighted by Gasteiger charge is -2.31. The highest BCUT2D eigenvalue weighted by Gasteiger charge is 2.49. The standard InChI is InChI=1S/C19H16ClF3N2O3/c1-11-6-7-12(20)15(8-11)28-10-18(27)25-14-5-3-2-4-13(14)24-17(26)9-16(25)19(21,22)23/h2-8,16H,9-10H2,1H3,(H,24,26). The van der Waals surface area contributed by atoms with Gasteiger partial charge in [-0.25, -0.2) is 0 Å². The number of hydrogen-bond donors (Lipinski definition) is 1. The Labute approximate surface area is 164 Å². The maximum absolute atomic E-state index is 13.6. The summed E-state index contributed by atoms with van der Waals surface area (Å²) in [5.74, 6) is -1.58. The van der Waals surface area contributed by atoms with Gasteiger partial charge in [-0.2, -0.15) is 13.2 Å². The summed E-state index contributed by atoms with van der Waals surface area (Å²) in [5, 5.41) is 2.64. The average Bonchev–Trinajstić information content (AvgIpc) is 2.77. The molecule has 0 aliphatic carbocycles. The fraction of sp³-hybridized carbons (Fsp3) is 0.263. The van der Waals surface area contributed by atoms with E-state index in [1.54, 1.807) is 31.2 Å². The highest BCUT2D eigenvalue weighted by Crippen LogP contribution is 2.37. The highest BCUT2D eigenvalue weighted by molar-refractivity contribution is 6.32. The lowest BCUT2D eigenvalue weighted by atomic mass is 10.1. The normalized spacial score (nSPS) is 16.8. The summed E-state index contributed by atoms with van der Waals surface area (Å²) in [4.78, 5) is 25.3. The van der Waals surface area contributed by atoms with Crippen LogP contribution in [0.25, 0.3) is 0 Å². The molecule has 2 amide bonds. The number of alkyl halides is 3. The first kappa shape index (κ1) is 20.0. The quantitative estimate of drug-likeness (QED) is 0.816. The summed E-state index contributed by atoms with van der Waals surface area (Å²) in [6.45, 7) is 1.12. The minimum absolute atomic E-state index is 0.0420. The van der Waals surface area contributed by atoms with Crippen LogP contribution in [0.15, 0.2) is 42.5 Å². The molecule has 5 nitrogen and oxygen atoms in total. The maximum Gasteiger partial charge on any atom is 0.409 e. The van der Waals surface area contributed by atoms with E-state index in [-0.39, 0.29) is 22.1 Å². The van der Waals surface area contributed by atoms with Crippen molar-refractivity contribution < 1.29 is 27.5 Å². The van der Waals surface area contributed by atoms with Crippen molar-refractivity contribution in [2.75, 3.05) is 16.8 Å². The predicted octanol–water partition coefficient (Wildman–Crippen LogP) is 4.33. The van der Waals surface area contributed by atoms with E-state index < -0.39 is 37.1 Å². The molecule has 1 atom stereocenters. The zero-order chi connectivity index (χ0) is 20.5. The largest absolute Gasteiger partial charge is 0.482 e. The van der Waals surface area contributed by atoms with E-state index in [4.69, 9.17) is 16.3 Å². The number of aryl methyl sites for hydroxylation is 1. The van der Waals surface area contributed by atoms with Crippen LogP contribution in [0.4, 0.5) is 24.5 Å². The van der Waals surface area contributed by atoms with E-state index in [0.717, 1.165) is 5.56 Å². The number of carbonyl (C=O) groups excluding carboxylic acids is 2. The Morgan fingerprint density at radius 3 is 2.71 bits per heavy atom. The molecule has 1 N–H and O–H groups in total. The van der Waals surface area contributed by atoms with Crippen LogP contribution in [0.3, 0.4) is 0 Å². The first-order valence-corrected chi connectivity index (χ1v) is 8.71. The number of halogens is 4. The molecule has 1 aliphatic rings. The Bertz CT molecular complexity index is 918. The summed E-state index contributed by atoms with van der Waals surface area (Å²) < 4.78 is 46.3. The molecule has 9 heteroatoms. The lowest BCUT2D eigenvalue weighted by molar-refractivity contribution is -0.158. The third-order valence-corrected chi connectivity index (χ3v) is 4.52. The van der Waals surface area contributed by atoms with E-state index in [0.29, 0.717) is 4.90 Å². The molecule has 0 bridgehead atoms. The molecule has 0 saturated carbocycles. The Hall–Kier alpha value is -2.74. The van der Waals surface area contributed by atoms with Crippen LogP contribution in [0, 0.1) is 6.92 Å². The Morgan fingerprint density at radius 1 is 1.29 bits per heavy atom. The van der Waals surface area contributed by atoms with Gasteiger partial charge in [0.25, 0.3) is 5.91 Å². The minimum atomic E-state index is -4.80. The SMILES string of the molecule is Cc1ccc(Cl)c(OCC(=O)N2c3ccccc3NC(=O)CC2C(F)(F)F)c1. The van der Waals surface area contributed by atoms with Gasteiger partial charge < -0.3 is 10.1 Å². The second-order valence-electron chi connectivity index (χ2n) is 6.31. The van der Waals surface area contributed by atoms with Gasteiger partial charge >= 0.3 is 6.18 Å². The van der Waals surface area contributed by atoms with Crippen molar-refractivity contribution in [2.45, 2.75) is 25.6 Å². The van der Waals surface area contributed by atoms with Crippen molar-refractivity contribution in [3.05, 3.63) is 53.1 Å². The highest BCUT2D eigenvalue weighted by atomic mass is 35.5. The van der Waals surface area contributed by atoms with Gasteiger partial charge in [0.05, 0.1) is 22.8 Å². The summed E-state index contributed by atoms with van der Waals surface area (Å²) in [7, 11) is 0. The van der Waals surface area contributed by atoms with Crippen molar-refractivity contribution in [3.63, 3.8) is 0 Å². The molecule has 148 valence electrons. The maximum atomic E-state index is 13.6. The number of benzene rings is 2. The number of nitrogens with zero attached hydrogens (tertiary/aromatic N) is 1. The Kier molecular flexibility index (Phi) is 5.51. The van der Waals surface area contributed by atoms with Crippen molar-refractivity contribution >= 4 is 34.8 Å². The number of ether oxygens (including phenoxy) is 1. The first-order valence-electron chi connectivity index (χ1n) is 8.33. The third-order valence-electron chi connectivity index (χ3n) is 4.21. The van der Waals surface area contributed by atoms with Gasteiger partial charge in [0.2, 0.25) is 5.91 Å². The van der Waals surface area contributed by atoms with Crippen molar-refractivity contribution in [3.8, 4) is 5.75 Å². The third kappa shape index (κ3) is 4.22. The Morgan fingerprint density at radius 2 is 2.00 bits per heavy atom. The fourth-order valence-corrected chi connectivity index (χ4v) is 3.10. The summed E-state index contributed by atoms with van der Waals surface area (Å²) in [6.07, 6.45) is -5.71. The van der Waals surface area contributed by atoms with Gasteiger partial charge in [-0.15, -0.1) is 0 Å². The number of amides is 2. The van der Waals surface area contributed by atoms with Gasteiger partial charge in [-0.1, -0.05) is 29.8 Å². The van der Waals surface area contributed by atoms with E-state index in [9.17, 15) is 22.8 Å². The van der Waals surface area contributed by atoms with Gasteiger partial charge in [0, 0.05) is 0 Å². The molecule has 1 heterocycles. The molecular weight excluding hydrogens is 397 g/mol. The van der Waals surface area contributed by atoms with Crippen LogP contribution < -0.4 is 15.0 Å². The molecule has 1 unspecified atom stereocenters. The van der Waals surface area contributed by atoms with Gasteiger partial charge in [-0.05, 0) is 36.8 Å². The van der Waals surface area contributed by atoms with Crippen LogP contribution in [0.5, 0.6) is 5.75 Å². The number of hydrogen-bond acceptors (Lipinski definition) is 3. The summed E-state index contributed by atoms with van der Waals surface area (Å²) in [5.41, 5.74) is 0.899. The molecule has 1 aliphatic heterocycles. The summed E-state index contributed by atoms with van der Waals surface area (Å²) >= 11 is 6.01. The minimum Gasteiger partial charge on any atom is -0.482 e. The molecule has 3 rings (SSSR count). The second-order valence-corrected chi connectivity index (χ2v) is 6.72. The van der Waals surface area contributed by atoms with E-state index in [1.165, 1.54) is 18.2 Å². The Balaban J connectivity index is 1.94. The van der Waals surface area contributed by atoms with Crippen molar-refractivity contribution in [1.29, 1.82) is 0 Å². The molecular formula is C19H16ClF3N2O3. The number of fused-ring (bicyclic) bond motifs is 1. The van der Waals surface area contributed by atoms with Gasteiger partial charge in [0.15, 0.2) is 6.61 Å². The van der Waals surface area contributed by atoms with E-state index in [2.05, 4.69) is 5.32 Å². The van der Waals surface area contributed by atoms with E-state index >= 15 is 0 Å². The fourth-order valence-electron chi connectivity index (χ4n) is 2.93. The predicted molar refractivity (Wildman–Crippen MR) is 98.7 cm³/mol. The molecule has 0 radical (unpaired) electrons. The number of para-hydroxylation sites is 2. The zero-order valence-electron chi connectivity index (χ0n) is 14.7. The molecule has 2 aromatic carbocycles.